The third-order valence-corrected chi connectivity index (χ3v) is 4.60. The van der Waals surface area contributed by atoms with E-state index in [4.69, 9.17) is 0 Å². The van der Waals surface area contributed by atoms with Crippen LogP contribution in [0.15, 0.2) is 27.4 Å². The van der Waals surface area contributed by atoms with Gasteiger partial charge in [0.15, 0.2) is 0 Å². The van der Waals surface area contributed by atoms with Gasteiger partial charge < -0.3 is 4.90 Å². The fourth-order valence-corrected chi connectivity index (χ4v) is 3.94. The van der Waals surface area contributed by atoms with Gasteiger partial charge in [0.2, 0.25) is 0 Å². The number of halogens is 2. The molecule has 1 aliphatic heterocycles. The summed E-state index contributed by atoms with van der Waals surface area (Å²) in [4.78, 5) is 11.3. The number of fused-ring (bicyclic) bond motifs is 1. The van der Waals surface area contributed by atoms with Crippen molar-refractivity contribution in [3.05, 3.63) is 27.4 Å². The molecule has 0 N–H and O–H groups in total. The van der Waals surface area contributed by atoms with Gasteiger partial charge in [0.05, 0.1) is 5.52 Å². The topological polar surface area (TPSA) is 29.0 Å². The quantitative estimate of drug-likeness (QED) is 0.722. The number of aromatic nitrogens is 2. The lowest BCUT2D eigenvalue weighted by Gasteiger charge is -2.22. The Bertz CT molecular complexity index is 593. The normalized spacial score (nSPS) is 16.6. The van der Waals surface area contributed by atoms with Crippen molar-refractivity contribution < 1.29 is 0 Å². The predicted molar refractivity (Wildman–Crippen MR) is 85.6 cm³/mol. The average molecular weight is 385 g/mol. The van der Waals surface area contributed by atoms with E-state index >= 15 is 0 Å². The summed E-state index contributed by atoms with van der Waals surface area (Å²) < 4.78 is 2.06. The average Bonchev–Trinajstić information content (AvgIpc) is 2.67. The molecule has 0 bridgehead atoms. The largest absolute Gasteiger partial charge is 0.356 e. The van der Waals surface area contributed by atoms with Crippen LogP contribution in [0, 0.1) is 0 Å². The van der Waals surface area contributed by atoms with Gasteiger partial charge in [0, 0.05) is 27.4 Å². The van der Waals surface area contributed by atoms with E-state index in [1.807, 2.05) is 6.07 Å². The Morgan fingerprint density at radius 1 is 0.947 bits per heavy atom. The lowest BCUT2D eigenvalue weighted by molar-refractivity contribution is 0.726. The monoisotopic (exact) mass is 383 g/mol. The van der Waals surface area contributed by atoms with Crippen molar-refractivity contribution in [3.8, 4) is 0 Å². The second-order valence-electron chi connectivity index (χ2n) is 4.88. The standard InChI is InChI=1S/C14H15Br2N3/c15-10-7-11-13(12(16)8-10)17-9-18-14(11)19-5-3-1-2-4-6-19/h7-9H,1-6H2. The Hall–Kier alpha value is -0.680. The Morgan fingerprint density at radius 2 is 1.68 bits per heavy atom. The molecule has 0 amide bonds. The van der Waals surface area contributed by atoms with E-state index in [1.54, 1.807) is 6.33 Å². The van der Waals surface area contributed by atoms with E-state index in [2.05, 4.69) is 52.8 Å². The van der Waals surface area contributed by atoms with E-state index < -0.39 is 0 Å². The molecule has 5 heteroatoms. The molecule has 1 saturated heterocycles. The molecule has 2 aromatic rings. The van der Waals surface area contributed by atoms with Crippen molar-refractivity contribution in [1.82, 2.24) is 9.97 Å². The number of rotatable bonds is 1. The highest BCUT2D eigenvalue weighted by molar-refractivity contribution is 9.11. The van der Waals surface area contributed by atoms with Gasteiger partial charge in [-0.1, -0.05) is 28.8 Å². The third-order valence-electron chi connectivity index (χ3n) is 3.54. The van der Waals surface area contributed by atoms with Crippen LogP contribution in [-0.4, -0.2) is 23.1 Å². The van der Waals surface area contributed by atoms with Crippen molar-refractivity contribution in [1.29, 1.82) is 0 Å². The van der Waals surface area contributed by atoms with Crippen LogP contribution in [0.2, 0.25) is 0 Å². The van der Waals surface area contributed by atoms with Crippen molar-refractivity contribution in [3.63, 3.8) is 0 Å². The summed E-state index contributed by atoms with van der Waals surface area (Å²) >= 11 is 7.14. The Kier molecular flexibility index (Phi) is 4.03. The highest BCUT2D eigenvalue weighted by atomic mass is 79.9. The summed E-state index contributed by atoms with van der Waals surface area (Å²) in [6.07, 6.45) is 6.82. The summed E-state index contributed by atoms with van der Waals surface area (Å²) in [6, 6.07) is 4.14. The second-order valence-corrected chi connectivity index (χ2v) is 6.65. The Balaban J connectivity index is 2.12. The molecule has 0 unspecified atom stereocenters. The first kappa shape index (κ1) is 13.3. The second kappa shape index (κ2) is 5.75. The van der Waals surface area contributed by atoms with E-state index in [1.165, 1.54) is 25.7 Å². The minimum absolute atomic E-state index is 0.984. The van der Waals surface area contributed by atoms with Gasteiger partial charge >= 0.3 is 0 Å². The number of hydrogen-bond donors (Lipinski definition) is 0. The first-order valence-corrected chi connectivity index (χ1v) is 8.19. The van der Waals surface area contributed by atoms with E-state index in [0.29, 0.717) is 0 Å². The van der Waals surface area contributed by atoms with Crippen LogP contribution in [0.25, 0.3) is 10.9 Å². The molecular formula is C14H15Br2N3. The molecule has 1 fully saturated rings. The van der Waals surface area contributed by atoms with Gasteiger partial charge in [-0.3, -0.25) is 0 Å². The Morgan fingerprint density at radius 3 is 2.42 bits per heavy atom. The SMILES string of the molecule is Brc1cc(Br)c2ncnc(N3CCCCCC3)c2c1. The maximum atomic E-state index is 4.53. The zero-order valence-corrected chi connectivity index (χ0v) is 13.7. The minimum atomic E-state index is 0.984. The summed E-state index contributed by atoms with van der Waals surface area (Å²) in [5.41, 5.74) is 0.984. The molecule has 1 aliphatic rings. The molecule has 0 atom stereocenters. The molecule has 3 nitrogen and oxygen atoms in total. The zero-order valence-electron chi connectivity index (χ0n) is 10.6. The van der Waals surface area contributed by atoms with E-state index in [0.717, 1.165) is 38.8 Å². The Labute approximate surface area is 129 Å². The maximum Gasteiger partial charge on any atom is 0.139 e. The van der Waals surface area contributed by atoms with Crippen molar-refractivity contribution in [2.24, 2.45) is 0 Å². The van der Waals surface area contributed by atoms with Crippen molar-refractivity contribution in [2.45, 2.75) is 25.7 Å². The number of nitrogens with zero attached hydrogens (tertiary/aromatic N) is 3. The van der Waals surface area contributed by atoms with Crippen LogP contribution < -0.4 is 4.90 Å². The first-order chi connectivity index (χ1) is 9.25. The molecule has 100 valence electrons. The number of anilines is 1. The van der Waals surface area contributed by atoms with Crippen LogP contribution >= 0.6 is 31.9 Å². The number of hydrogen-bond acceptors (Lipinski definition) is 3. The van der Waals surface area contributed by atoms with Crippen LogP contribution in [0.5, 0.6) is 0 Å². The van der Waals surface area contributed by atoms with Gasteiger partial charge in [0.1, 0.15) is 12.1 Å². The molecule has 2 heterocycles. The van der Waals surface area contributed by atoms with Gasteiger partial charge in [-0.15, -0.1) is 0 Å². The first-order valence-electron chi connectivity index (χ1n) is 6.60. The molecule has 1 aromatic carbocycles. The highest BCUT2D eigenvalue weighted by Crippen LogP contribution is 2.32. The molecule has 19 heavy (non-hydrogen) atoms. The lowest BCUT2D eigenvalue weighted by atomic mass is 10.2. The van der Waals surface area contributed by atoms with E-state index in [-0.39, 0.29) is 0 Å². The van der Waals surface area contributed by atoms with Crippen LogP contribution in [-0.2, 0) is 0 Å². The minimum Gasteiger partial charge on any atom is -0.356 e. The van der Waals surface area contributed by atoms with Gasteiger partial charge in [-0.25, -0.2) is 9.97 Å². The van der Waals surface area contributed by atoms with Crippen molar-refractivity contribution in [2.75, 3.05) is 18.0 Å². The lowest BCUT2D eigenvalue weighted by Crippen LogP contribution is -2.25. The van der Waals surface area contributed by atoms with Crippen LogP contribution in [0.4, 0.5) is 5.82 Å². The number of benzene rings is 1. The van der Waals surface area contributed by atoms with Crippen LogP contribution in [0.1, 0.15) is 25.7 Å². The fraction of sp³-hybridized carbons (Fsp3) is 0.429. The fourth-order valence-electron chi connectivity index (χ4n) is 2.61. The molecule has 0 radical (unpaired) electrons. The third kappa shape index (κ3) is 2.77. The van der Waals surface area contributed by atoms with E-state index in [9.17, 15) is 0 Å². The maximum absolute atomic E-state index is 4.53. The predicted octanol–water partition coefficient (Wildman–Crippen LogP) is 4.54. The molecule has 0 spiro atoms. The highest BCUT2D eigenvalue weighted by Gasteiger charge is 2.15. The smallest absolute Gasteiger partial charge is 0.139 e. The summed E-state index contributed by atoms with van der Waals surface area (Å²) in [5, 5.41) is 1.12. The molecule has 1 aromatic heterocycles. The molecular weight excluding hydrogens is 370 g/mol. The van der Waals surface area contributed by atoms with Gasteiger partial charge in [-0.05, 0) is 40.9 Å². The van der Waals surface area contributed by atoms with Gasteiger partial charge in [-0.2, -0.15) is 0 Å². The molecule has 0 aliphatic carbocycles. The molecule has 3 rings (SSSR count). The zero-order chi connectivity index (χ0) is 13.2. The summed E-state index contributed by atoms with van der Waals surface area (Å²) in [6.45, 7) is 2.19. The van der Waals surface area contributed by atoms with Crippen LogP contribution in [0.3, 0.4) is 0 Å². The summed E-state index contributed by atoms with van der Waals surface area (Å²) in [7, 11) is 0. The summed E-state index contributed by atoms with van der Waals surface area (Å²) in [5.74, 6) is 1.06. The van der Waals surface area contributed by atoms with Crippen molar-refractivity contribution >= 4 is 48.6 Å². The molecule has 0 saturated carbocycles. The van der Waals surface area contributed by atoms with Gasteiger partial charge in [0.25, 0.3) is 0 Å².